The van der Waals surface area contributed by atoms with E-state index in [1.165, 1.54) is 17.6 Å². The van der Waals surface area contributed by atoms with Crippen molar-refractivity contribution >= 4 is 0 Å². The largest absolute Gasteiger partial charge is 0.498 e. The van der Waals surface area contributed by atoms with Gasteiger partial charge in [0.25, 0.3) is 0 Å². The summed E-state index contributed by atoms with van der Waals surface area (Å²) in [5.41, 5.74) is 2.87. The third-order valence-corrected chi connectivity index (χ3v) is 2.45. The minimum atomic E-state index is 0.900. The Balaban J connectivity index is 0. The van der Waals surface area contributed by atoms with Crippen LogP contribution in [0.1, 0.15) is 61.3 Å². The average molecular weight is 212 g/mol. The van der Waals surface area contributed by atoms with E-state index in [1.807, 2.05) is 20.8 Å². The molecule has 0 aromatic carbocycles. The Kier molecular flexibility index (Phi) is 12.6. The second-order valence-electron chi connectivity index (χ2n) is 3.42. The van der Waals surface area contributed by atoms with Gasteiger partial charge in [-0.3, -0.25) is 0 Å². The maximum Gasteiger partial charge on any atom is 0.0919 e. The average Bonchev–Trinajstić information content (AvgIpc) is 2.66. The van der Waals surface area contributed by atoms with Gasteiger partial charge in [-0.2, -0.15) is 0 Å². The topological polar surface area (TPSA) is 9.23 Å². The summed E-state index contributed by atoms with van der Waals surface area (Å²) in [7, 11) is 0. The second-order valence-corrected chi connectivity index (χ2v) is 3.42. The molecule has 0 bridgehead atoms. The molecule has 0 aromatic rings. The highest BCUT2D eigenvalue weighted by Gasteiger charge is 2.04. The van der Waals surface area contributed by atoms with Gasteiger partial charge in [0.15, 0.2) is 0 Å². The minimum Gasteiger partial charge on any atom is -0.498 e. The second kappa shape index (κ2) is 11.4. The molecular formula is C14H28O. The van der Waals surface area contributed by atoms with Gasteiger partial charge in [-0.1, -0.05) is 32.4 Å². The highest BCUT2D eigenvalue weighted by molar-refractivity contribution is 5.06. The Morgan fingerprint density at radius 2 is 1.87 bits per heavy atom. The van der Waals surface area contributed by atoms with E-state index >= 15 is 0 Å². The van der Waals surface area contributed by atoms with Crippen molar-refractivity contribution in [3.05, 3.63) is 23.0 Å². The molecule has 1 rings (SSSR count). The molecule has 0 unspecified atom stereocenters. The third-order valence-electron chi connectivity index (χ3n) is 2.45. The van der Waals surface area contributed by atoms with Crippen LogP contribution in [-0.2, 0) is 4.74 Å². The number of ether oxygens (including phenoxy) is 1. The quantitative estimate of drug-likeness (QED) is 0.550. The SMILES string of the molecule is C/C=C(\C)CC.CC.CC1=C(C)OCC1. The molecule has 0 radical (unpaired) electrons. The lowest BCUT2D eigenvalue weighted by Crippen LogP contribution is -1.76. The standard InChI is InChI=1S/C6H10O.C6H12.C2H6/c1-5-3-4-7-6(5)2;1-4-6(3)5-2;1-2/h3-4H2,1-2H3;4H,5H2,1-3H3;1-2H3/b;6-4+;. The van der Waals surface area contributed by atoms with Crippen LogP contribution >= 0.6 is 0 Å². The Bertz CT molecular complexity index is 187. The number of rotatable bonds is 1. The first kappa shape index (κ1) is 16.7. The summed E-state index contributed by atoms with van der Waals surface area (Å²) in [6.07, 6.45) is 4.46. The molecule has 0 saturated carbocycles. The van der Waals surface area contributed by atoms with E-state index in [9.17, 15) is 0 Å². The summed E-state index contributed by atoms with van der Waals surface area (Å²) in [6.45, 7) is 15.4. The van der Waals surface area contributed by atoms with Crippen LogP contribution in [0.15, 0.2) is 23.0 Å². The lowest BCUT2D eigenvalue weighted by Gasteiger charge is -1.91. The van der Waals surface area contributed by atoms with E-state index in [-0.39, 0.29) is 0 Å². The minimum absolute atomic E-state index is 0.900. The Hall–Kier alpha value is -0.720. The lowest BCUT2D eigenvalue weighted by atomic mass is 10.2. The third kappa shape index (κ3) is 9.58. The molecule has 1 heterocycles. The van der Waals surface area contributed by atoms with E-state index in [4.69, 9.17) is 4.74 Å². The fraction of sp³-hybridized carbons (Fsp3) is 0.714. The first-order valence-electron chi connectivity index (χ1n) is 6.02. The zero-order chi connectivity index (χ0) is 12.3. The molecule has 0 atom stereocenters. The maximum absolute atomic E-state index is 5.14. The van der Waals surface area contributed by atoms with Gasteiger partial charge in [-0.25, -0.2) is 0 Å². The molecule has 0 amide bonds. The van der Waals surface area contributed by atoms with E-state index in [2.05, 4.69) is 33.8 Å². The summed E-state index contributed by atoms with van der Waals surface area (Å²) in [4.78, 5) is 0. The number of hydrogen-bond acceptors (Lipinski definition) is 1. The van der Waals surface area contributed by atoms with Gasteiger partial charge < -0.3 is 4.74 Å². The molecule has 0 saturated heterocycles. The van der Waals surface area contributed by atoms with Gasteiger partial charge >= 0.3 is 0 Å². The predicted octanol–water partition coefficient (Wildman–Crippen LogP) is 5.09. The highest BCUT2D eigenvalue weighted by Crippen LogP contribution is 2.16. The zero-order valence-corrected chi connectivity index (χ0v) is 11.6. The van der Waals surface area contributed by atoms with Gasteiger partial charge in [0, 0.05) is 6.42 Å². The predicted molar refractivity (Wildman–Crippen MR) is 70.0 cm³/mol. The van der Waals surface area contributed by atoms with E-state index < -0.39 is 0 Å². The van der Waals surface area contributed by atoms with Crippen molar-refractivity contribution in [2.24, 2.45) is 0 Å². The van der Waals surface area contributed by atoms with E-state index in [0.717, 1.165) is 18.8 Å². The maximum atomic E-state index is 5.14. The van der Waals surface area contributed by atoms with Crippen LogP contribution < -0.4 is 0 Å². The molecule has 0 aromatic heterocycles. The molecule has 1 aliphatic rings. The molecule has 0 fully saturated rings. The van der Waals surface area contributed by atoms with Crippen LogP contribution in [0.4, 0.5) is 0 Å². The fourth-order valence-electron chi connectivity index (χ4n) is 0.861. The van der Waals surface area contributed by atoms with Crippen molar-refractivity contribution in [2.75, 3.05) is 6.61 Å². The molecule has 0 N–H and O–H groups in total. The molecule has 1 aliphatic heterocycles. The van der Waals surface area contributed by atoms with Crippen molar-refractivity contribution in [2.45, 2.75) is 61.3 Å². The Morgan fingerprint density at radius 3 is 1.93 bits per heavy atom. The van der Waals surface area contributed by atoms with Crippen LogP contribution in [0, 0.1) is 0 Å². The number of hydrogen-bond donors (Lipinski definition) is 0. The molecule has 1 heteroatoms. The van der Waals surface area contributed by atoms with Crippen molar-refractivity contribution in [3.8, 4) is 0 Å². The smallest absolute Gasteiger partial charge is 0.0919 e. The van der Waals surface area contributed by atoms with E-state index in [1.54, 1.807) is 0 Å². The van der Waals surface area contributed by atoms with Crippen molar-refractivity contribution in [1.29, 1.82) is 0 Å². The fourth-order valence-corrected chi connectivity index (χ4v) is 0.861. The Morgan fingerprint density at radius 1 is 1.33 bits per heavy atom. The van der Waals surface area contributed by atoms with Crippen LogP contribution in [0.5, 0.6) is 0 Å². The molecule has 0 spiro atoms. The summed E-state index contributed by atoms with van der Waals surface area (Å²) < 4.78 is 5.14. The van der Waals surface area contributed by atoms with Gasteiger partial charge in [0.05, 0.1) is 12.4 Å². The van der Waals surface area contributed by atoms with Crippen molar-refractivity contribution in [1.82, 2.24) is 0 Å². The lowest BCUT2D eigenvalue weighted by molar-refractivity contribution is 0.246. The monoisotopic (exact) mass is 212 g/mol. The Labute approximate surface area is 96.2 Å². The zero-order valence-electron chi connectivity index (χ0n) is 11.6. The van der Waals surface area contributed by atoms with Gasteiger partial charge in [0.2, 0.25) is 0 Å². The van der Waals surface area contributed by atoms with Gasteiger partial charge in [-0.05, 0) is 39.7 Å². The van der Waals surface area contributed by atoms with Gasteiger partial charge in [0.1, 0.15) is 0 Å². The highest BCUT2D eigenvalue weighted by atomic mass is 16.5. The molecular weight excluding hydrogens is 184 g/mol. The van der Waals surface area contributed by atoms with Crippen LogP contribution in [0.3, 0.4) is 0 Å². The molecule has 90 valence electrons. The van der Waals surface area contributed by atoms with Gasteiger partial charge in [-0.15, -0.1) is 0 Å². The summed E-state index contributed by atoms with van der Waals surface area (Å²) in [5, 5.41) is 0. The van der Waals surface area contributed by atoms with Crippen LogP contribution in [0.25, 0.3) is 0 Å². The molecule has 15 heavy (non-hydrogen) atoms. The van der Waals surface area contributed by atoms with E-state index in [0.29, 0.717) is 0 Å². The van der Waals surface area contributed by atoms with Crippen molar-refractivity contribution in [3.63, 3.8) is 0 Å². The van der Waals surface area contributed by atoms with Crippen molar-refractivity contribution < 1.29 is 4.74 Å². The van der Waals surface area contributed by atoms with Crippen LogP contribution in [-0.4, -0.2) is 6.61 Å². The molecule has 0 aliphatic carbocycles. The molecule has 1 nitrogen and oxygen atoms in total. The summed E-state index contributed by atoms with van der Waals surface area (Å²) in [6, 6.07) is 0. The first-order valence-corrected chi connectivity index (χ1v) is 6.02. The normalized spacial score (nSPS) is 14.7. The summed E-state index contributed by atoms with van der Waals surface area (Å²) in [5.74, 6) is 1.12. The summed E-state index contributed by atoms with van der Waals surface area (Å²) >= 11 is 0. The van der Waals surface area contributed by atoms with Crippen LogP contribution in [0.2, 0.25) is 0 Å². The first-order chi connectivity index (χ1) is 7.11. The number of allylic oxidation sites excluding steroid dienone is 3.